The Bertz CT molecular complexity index is 830. The van der Waals surface area contributed by atoms with Gasteiger partial charge >= 0.3 is 0 Å². The third kappa shape index (κ3) is 4.31. The van der Waals surface area contributed by atoms with Crippen molar-refractivity contribution in [1.82, 2.24) is 9.97 Å². The van der Waals surface area contributed by atoms with E-state index in [1.54, 1.807) is 22.7 Å². The summed E-state index contributed by atoms with van der Waals surface area (Å²) in [4.78, 5) is 9.21. The van der Waals surface area contributed by atoms with Crippen molar-refractivity contribution in [2.24, 2.45) is 0 Å². The zero-order valence-corrected chi connectivity index (χ0v) is 16.2. The Kier molecular flexibility index (Phi) is 5.62. The van der Waals surface area contributed by atoms with Crippen LogP contribution in [0.3, 0.4) is 0 Å². The number of rotatable bonds is 9. The molecule has 0 saturated carbocycles. The Morgan fingerprint density at radius 3 is 1.54 bits per heavy atom. The average molecular weight is 383 g/mol. The number of nitrogens with one attached hydrogen (secondary N) is 2. The smallest absolute Gasteiger partial charge is 0.183 e. The molecule has 2 aromatic carbocycles. The summed E-state index contributed by atoms with van der Waals surface area (Å²) in [6.07, 6.45) is 4.83. The van der Waals surface area contributed by atoms with Gasteiger partial charge in [-0.2, -0.15) is 0 Å². The van der Waals surface area contributed by atoms with E-state index in [9.17, 15) is 0 Å². The summed E-state index contributed by atoms with van der Waals surface area (Å²) in [5.41, 5.74) is 2.17. The molecule has 0 saturated heterocycles. The number of para-hydroxylation sites is 2. The second-order valence-electron chi connectivity index (χ2n) is 6.24. The minimum absolute atomic E-state index is 0.991. The van der Waals surface area contributed by atoms with E-state index in [1.165, 1.54) is 35.1 Å². The number of aromatic nitrogens is 2. The monoisotopic (exact) mass is 382 g/mol. The van der Waals surface area contributed by atoms with Crippen molar-refractivity contribution in [3.63, 3.8) is 0 Å². The molecule has 0 aliphatic carbocycles. The molecule has 0 aliphatic rings. The topological polar surface area (TPSA) is 49.8 Å². The minimum Gasteiger partial charge on any atom is -0.361 e. The third-order valence-corrected chi connectivity index (χ3v) is 6.23. The van der Waals surface area contributed by atoms with Crippen molar-refractivity contribution in [2.75, 3.05) is 23.7 Å². The Morgan fingerprint density at radius 1 is 0.615 bits per heavy atom. The number of hydrogen-bond acceptors (Lipinski definition) is 6. The van der Waals surface area contributed by atoms with Crippen LogP contribution in [-0.2, 0) is 0 Å². The van der Waals surface area contributed by atoms with E-state index >= 15 is 0 Å². The van der Waals surface area contributed by atoms with Gasteiger partial charge in [0.2, 0.25) is 0 Å². The van der Waals surface area contributed by atoms with Crippen molar-refractivity contribution < 1.29 is 0 Å². The van der Waals surface area contributed by atoms with Crippen molar-refractivity contribution in [3.8, 4) is 0 Å². The highest BCUT2D eigenvalue weighted by Gasteiger charge is 2.03. The van der Waals surface area contributed by atoms with Crippen molar-refractivity contribution in [1.29, 1.82) is 0 Å². The van der Waals surface area contributed by atoms with Gasteiger partial charge in [-0.15, -0.1) is 0 Å². The fourth-order valence-corrected chi connectivity index (χ4v) is 4.67. The summed E-state index contributed by atoms with van der Waals surface area (Å²) in [7, 11) is 0. The number of thiazole rings is 2. The van der Waals surface area contributed by atoms with E-state index in [2.05, 4.69) is 57.0 Å². The van der Waals surface area contributed by atoms with Gasteiger partial charge in [0.25, 0.3) is 0 Å². The van der Waals surface area contributed by atoms with Gasteiger partial charge in [-0.25, -0.2) is 9.97 Å². The third-order valence-electron chi connectivity index (χ3n) is 4.24. The largest absolute Gasteiger partial charge is 0.361 e. The lowest BCUT2D eigenvalue weighted by molar-refractivity contribution is 0.670. The van der Waals surface area contributed by atoms with Crippen molar-refractivity contribution in [2.45, 2.75) is 25.7 Å². The second kappa shape index (κ2) is 8.47. The Morgan fingerprint density at radius 2 is 1.08 bits per heavy atom. The molecule has 2 heterocycles. The number of anilines is 2. The molecule has 0 spiro atoms. The maximum absolute atomic E-state index is 4.60. The molecule has 4 rings (SSSR count). The number of nitrogens with zero attached hydrogens (tertiary/aromatic N) is 2. The number of benzene rings is 2. The van der Waals surface area contributed by atoms with E-state index in [-0.39, 0.29) is 0 Å². The molecule has 0 aliphatic heterocycles. The standard InChI is InChI=1S/C20H22N4S2/c1(7-13-21-19-23-15-9-3-5-11-17(15)25-19)2-8-14-22-20-24-16-10-4-6-12-18(16)26-20/h3-6,9-12H,1-2,7-8,13-14H2,(H,21,23)(H,22,24). The summed E-state index contributed by atoms with van der Waals surface area (Å²) < 4.78 is 2.49. The van der Waals surface area contributed by atoms with Gasteiger partial charge in [0.15, 0.2) is 10.3 Å². The zero-order valence-electron chi connectivity index (χ0n) is 14.6. The fourth-order valence-electron chi connectivity index (χ4n) is 2.89. The Hall–Kier alpha value is -2.18. The van der Waals surface area contributed by atoms with E-state index < -0.39 is 0 Å². The second-order valence-corrected chi connectivity index (χ2v) is 8.30. The van der Waals surface area contributed by atoms with Crippen LogP contribution in [0.5, 0.6) is 0 Å². The molecule has 0 bridgehead atoms. The lowest BCUT2D eigenvalue weighted by atomic mass is 10.2. The normalized spacial score (nSPS) is 11.2. The Balaban J connectivity index is 1.10. The van der Waals surface area contributed by atoms with Gasteiger partial charge in [0, 0.05) is 13.1 Å². The van der Waals surface area contributed by atoms with E-state index in [0.717, 1.165) is 34.4 Å². The van der Waals surface area contributed by atoms with Crippen molar-refractivity contribution in [3.05, 3.63) is 48.5 Å². The molecule has 134 valence electrons. The highest BCUT2D eigenvalue weighted by Crippen LogP contribution is 2.26. The fraction of sp³-hybridized carbons (Fsp3) is 0.300. The molecule has 2 N–H and O–H groups in total. The lowest BCUT2D eigenvalue weighted by Gasteiger charge is -2.04. The number of fused-ring (bicyclic) bond motifs is 2. The van der Waals surface area contributed by atoms with Crippen LogP contribution >= 0.6 is 22.7 Å². The van der Waals surface area contributed by atoms with Crippen LogP contribution in [0.4, 0.5) is 10.3 Å². The number of hydrogen-bond donors (Lipinski definition) is 2. The molecule has 4 aromatic rings. The first-order valence-corrected chi connectivity index (χ1v) is 10.7. The van der Waals surface area contributed by atoms with Gasteiger partial charge in [-0.05, 0) is 37.1 Å². The molecule has 0 unspecified atom stereocenters. The first kappa shape index (κ1) is 17.2. The predicted molar refractivity (Wildman–Crippen MR) is 115 cm³/mol. The molecular weight excluding hydrogens is 360 g/mol. The first-order valence-electron chi connectivity index (χ1n) is 9.07. The summed E-state index contributed by atoms with van der Waals surface area (Å²) in [6.45, 7) is 1.98. The minimum atomic E-state index is 0.991. The maximum Gasteiger partial charge on any atom is 0.183 e. The summed E-state index contributed by atoms with van der Waals surface area (Å²) in [5, 5.41) is 8.96. The van der Waals surface area contributed by atoms with Crippen LogP contribution in [0, 0.1) is 0 Å². The molecule has 26 heavy (non-hydrogen) atoms. The van der Waals surface area contributed by atoms with E-state index in [0.29, 0.717) is 0 Å². The SMILES string of the molecule is c1ccc2sc(NCCCCCCNc3nc4ccccc4s3)nc2c1. The zero-order chi connectivity index (χ0) is 17.6. The molecule has 0 atom stereocenters. The molecule has 0 amide bonds. The molecule has 0 fully saturated rings. The van der Waals surface area contributed by atoms with Crippen molar-refractivity contribution >= 4 is 53.4 Å². The van der Waals surface area contributed by atoms with Crippen LogP contribution in [0.1, 0.15) is 25.7 Å². The number of unbranched alkanes of at least 4 members (excludes halogenated alkanes) is 3. The predicted octanol–water partition coefficient (Wildman–Crippen LogP) is 5.99. The van der Waals surface area contributed by atoms with Crippen LogP contribution in [0.25, 0.3) is 20.4 Å². The summed E-state index contributed by atoms with van der Waals surface area (Å²) in [5.74, 6) is 0. The van der Waals surface area contributed by atoms with Gasteiger partial charge in [-0.1, -0.05) is 59.8 Å². The summed E-state index contributed by atoms with van der Waals surface area (Å²) in [6, 6.07) is 16.6. The molecule has 2 aromatic heterocycles. The average Bonchev–Trinajstić information content (AvgIpc) is 3.26. The van der Waals surface area contributed by atoms with Gasteiger partial charge in [0.05, 0.1) is 20.4 Å². The summed E-state index contributed by atoms with van der Waals surface area (Å²) >= 11 is 3.46. The Labute approximate surface area is 161 Å². The molecular formula is C20H22N4S2. The lowest BCUT2D eigenvalue weighted by Crippen LogP contribution is -2.03. The first-order chi connectivity index (χ1) is 12.9. The van der Waals surface area contributed by atoms with Gasteiger partial charge in [-0.3, -0.25) is 0 Å². The van der Waals surface area contributed by atoms with Gasteiger partial charge < -0.3 is 10.6 Å². The highest BCUT2D eigenvalue weighted by molar-refractivity contribution is 7.22. The molecule has 6 heteroatoms. The van der Waals surface area contributed by atoms with Crippen LogP contribution < -0.4 is 10.6 Å². The maximum atomic E-state index is 4.60. The van der Waals surface area contributed by atoms with Crippen LogP contribution in [-0.4, -0.2) is 23.1 Å². The van der Waals surface area contributed by atoms with Gasteiger partial charge in [0.1, 0.15) is 0 Å². The highest BCUT2D eigenvalue weighted by atomic mass is 32.1. The van der Waals surface area contributed by atoms with E-state index in [4.69, 9.17) is 0 Å². The quantitative estimate of drug-likeness (QED) is 0.349. The molecule has 0 radical (unpaired) electrons. The molecule has 4 nitrogen and oxygen atoms in total. The van der Waals surface area contributed by atoms with Crippen LogP contribution in [0.2, 0.25) is 0 Å². The van der Waals surface area contributed by atoms with E-state index in [1.807, 2.05) is 12.1 Å². The van der Waals surface area contributed by atoms with Crippen LogP contribution in [0.15, 0.2) is 48.5 Å².